The molecule has 3 aromatic heterocycles. The summed E-state index contributed by atoms with van der Waals surface area (Å²) in [4.78, 5) is 20.2. The molecule has 0 bridgehead atoms. The Hall–Kier alpha value is -2.95. The van der Waals surface area contributed by atoms with E-state index in [9.17, 15) is 13.2 Å². The molecule has 5 rings (SSSR count). The summed E-state index contributed by atoms with van der Waals surface area (Å²) in [6.07, 6.45) is -1.12. The number of morpholine rings is 1. The highest BCUT2D eigenvalue weighted by Crippen LogP contribution is 2.50. The van der Waals surface area contributed by atoms with Gasteiger partial charge >= 0.3 is 6.18 Å². The highest BCUT2D eigenvalue weighted by molar-refractivity contribution is 5.74. The maximum Gasteiger partial charge on any atom is 0.391 e. The van der Waals surface area contributed by atoms with Gasteiger partial charge in [0.25, 0.3) is 0 Å². The fraction of sp³-hybridized carbons (Fsp3) is 0.524. The number of alkyl halides is 3. The van der Waals surface area contributed by atoms with Crippen LogP contribution in [-0.2, 0) is 4.74 Å². The molecule has 1 atom stereocenters. The Morgan fingerprint density at radius 1 is 1.06 bits per heavy atom. The lowest BCUT2D eigenvalue weighted by molar-refractivity contribution is -0.197. The van der Waals surface area contributed by atoms with Gasteiger partial charge in [0.05, 0.1) is 42.3 Å². The number of rotatable bonds is 3. The molecule has 32 heavy (non-hydrogen) atoms. The number of hydrogen-bond donors (Lipinski definition) is 0. The number of nitrogens with zero attached hydrogens (tertiary/aromatic N) is 7. The predicted molar refractivity (Wildman–Crippen MR) is 109 cm³/mol. The maximum absolute atomic E-state index is 13.1. The van der Waals surface area contributed by atoms with Gasteiger partial charge in [0.15, 0.2) is 5.65 Å². The monoisotopic (exact) mass is 445 g/mol. The highest BCUT2D eigenvalue weighted by atomic mass is 19.4. The first kappa shape index (κ1) is 20.9. The molecule has 0 amide bonds. The van der Waals surface area contributed by atoms with E-state index < -0.39 is 12.1 Å². The van der Waals surface area contributed by atoms with Crippen molar-refractivity contribution in [1.29, 1.82) is 0 Å². The second-order valence-electron chi connectivity index (χ2n) is 8.44. The van der Waals surface area contributed by atoms with Crippen LogP contribution in [0, 0.1) is 19.8 Å². The zero-order chi connectivity index (χ0) is 22.5. The third kappa shape index (κ3) is 3.96. The van der Waals surface area contributed by atoms with Crippen LogP contribution < -0.4 is 4.90 Å². The van der Waals surface area contributed by atoms with Crippen LogP contribution in [0.25, 0.3) is 11.2 Å². The third-order valence-electron chi connectivity index (χ3n) is 6.05. The second-order valence-corrected chi connectivity index (χ2v) is 8.44. The number of fused-ring (bicyclic) bond motifs is 1. The highest BCUT2D eigenvalue weighted by Gasteiger charge is 2.49. The molecule has 3 aromatic rings. The van der Waals surface area contributed by atoms with Gasteiger partial charge in [-0.1, -0.05) is 0 Å². The second kappa shape index (κ2) is 7.88. The molecule has 4 heterocycles. The number of ether oxygens (including phenoxy) is 1. The summed E-state index contributed by atoms with van der Waals surface area (Å²) in [6, 6.07) is 1.92. The van der Waals surface area contributed by atoms with Gasteiger partial charge in [0, 0.05) is 24.2 Å². The molecule has 0 spiro atoms. The van der Waals surface area contributed by atoms with E-state index in [1.165, 1.54) is 0 Å². The first-order chi connectivity index (χ1) is 15.3. The minimum atomic E-state index is -4.18. The van der Waals surface area contributed by atoms with Gasteiger partial charge in [-0.05, 0) is 32.8 Å². The van der Waals surface area contributed by atoms with E-state index in [4.69, 9.17) is 9.72 Å². The largest absolute Gasteiger partial charge is 0.391 e. The minimum Gasteiger partial charge on any atom is -0.370 e. The van der Waals surface area contributed by atoms with Crippen molar-refractivity contribution >= 4 is 17.1 Å². The van der Waals surface area contributed by atoms with E-state index in [2.05, 4.69) is 25.1 Å². The topological polar surface area (TPSA) is 89.8 Å². The molecule has 0 radical (unpaired) electrons. The van der Waals surface area contributed by atoms with Gasteiger partial charge in [-0.2, -0.15) is 28.4 Å². The van der Waals surface area contributed by atoms with Crippen LogP contribution in [0.5, 0.6) is 0 Å². The Morgan fingerprint density at radius 2 is 1.88 bits per heavy atom. The molecule has 1 aliphatic heterocycles. The van der Waals surface area contributed by atoms with E-state index in [1.807, 2.05) is 17.9 Å². The van der Waals surface area contributed by atoms with E-state index in [-0.39, 0.29) is 24.9 Å². The van der Waals surface area contributed by atoms with Crippen molar-refractivity contribution in [2.75, 3.05) is 24.6 Å². The molecule has 2 aliphatic rings. The molecule has 1 saturated carbocycles. The molecule has 168 valence electrons. The van der Waals surface area contributed by atoms with E-state index in [0.717, 1.165) is 11.3 Å². The van der Waals surface area contributed by atoms with Crippen molar-refractivity contribution in [2.45, 2.75) is 44.9 Å². The van der Waals surface area contributed by atoms with Crippen LogP contribution in [-0.4, -0.2) is 56.0 Å². The normalized spacial score (nSPS) is 23.9. The van der Waals surface area contributed by atoms with Crippen LogP contribution in [0.4, 0.5) is 19.1 Å². The standard InChI is InChI=1S/C21H22F3N7O/c1-11-5-14(9-26-30-11)16-10-31(3-4-32-16)20-28-17(13-6-15(7-13)21(22,23)24)18-19(29-20)27-12(2)8-25-18/h5,8-9,13,15-16H,3-4,6-7,10H2,1-2H3/t13-,15-,16-/m0/s1. The Kier molecular flexibility index (Phi) is 5.15. The van der Waals surface area contributed by atoms with Crippen molar-refractivity contribution < 1.29 is 17.9 Å². The lowest BCUT2D eigenvalue weighted by Crippen LogP contribution is -2.40. The molecule has 0 N–H and O–H groups in total. The van der Waals surface area contributed by atoms with Crippen molar-refractivity contribution in [3.05, 3.63) is 41.1 Å². The summed E-state index contributed by atoms with van der Waals surface area (Å²) in [5.41, 5.74) is 3.82. The van der Waals surface area contributed by atoms with Gasteiger partial charge in [-0.3, -0.25) is 0 Å². The van der Waals surface area contributed by atoms with E-state index in [1.54, 1.807) is 19.3 Å². The first-order valence-corrected chi connectivity index (χ1v) is 10.5. The van der Waals surface area contributed by atoms with Gasteiger partial charge in [0.1, 0.15) is 11.6 Å². The molecule has 2 fully saturated rings. The summed E-state index contributed by atoms with van der Waals surface area (Å²) in [6.45, 7) is 5.19. The van der Waals surface area contributed by atoms with Crippen molar-refractivity contribution in [3.63, 3.8) is 0 Å². The first-order valence-electron chi connectivity index (χ1n) is 10.5. The number of aromatic nitrogens is 6. The van der Waals surface area contributed by atoms with Crippen LogP contribution >= 0.6 is 0 Å². The van der Waals surface area contributed by atoms with E-state index >= 15 is 0 Å². The average Bonchev–Trinajstić information content (AvgIpc) is 2.71. The Morgan fingerprint density at radius 3 is 2.62 bits per heavy atom. The van der Waals surface area contributed by atoms with Gasteiger partial charge in [-0.15, -0.1) is 0 Å². The average molecular weight is 445 g/mol. The lowest BCUT2D eigenvalue weighted by Gasteiger charge is -2.37. The van der Waals surface area contributed by atoms with Crippen molar-refractivity contribution in [2.24, 2.45) is 5.92 Å². The third-order valence-corrected chi connectivity index (χ3v) is 6.05. The van der Waals surface area contributed by atoms with E-state index in [0.29, 0.717) is 48.2 Å². The molecular weight excluding hydrogens is 423 g/mol. The Balaban J connectivity index is 1.47. The van der Waals surface area contributed by atoms with Gasteiger partial charge in [0.2, 0.25) is 5.95 Å². The van der Waals surface area contributed by atoms with Crippen LogP contribution in [0.3, 0.4) is 0 Å². The summed E-state index contributed by atoms with van der Waals surface area (Å²) in [7, 11) is 0. The quantitative estimate of drug-likeness (QED) is 0.606. The van der Waals surface area contributed by atoms with Crippen LogP contribution in [0.15, 0.2) is 18.5 Å². The summed E-state index contributed by atoms with van der Waals surface area (Å²) < 4.78 is 45.1. The summed E-state index contributed by atoms with van der Waals surface area (Å²) in [5, 5.41) is 7.99. The molecule has 8 nitrogen and oxygen atoms in total. The zero-order valence-electron chi connectivity index (χ0n) is 17.7. The van der Waals surface area contributed by atoms with Crippen LogP contribution in [0.2, 0.25) is 0 Å². The summed E-state index contributed by atoms with van der Waals surface area (Å²) in [5.74, 6) is -1.17. The SMILES string of the molecule is Cc1cc([C@@H]2CN(c3nc4nc(C)cnc4c([C@H]4C[C@H](C(F)(F)F)C4)n3)CCO2)cnn1. The zero-order valence-corrected chi connectivity index (χ0v) is 17.7. The minimum absolute atomic E-state index is 0.0122. The van der Waals surface area contributed by atoms with Gasteiger partial charge in [-0.25, -0.2) is 15.0 Å². The maximum atomic E-state index is 13.1. The van der Waals surface area contributed by atoms with Gasteiger partial charge < -0.3 is 9.64 Å². The fourth-order valence-electron chi connectivity index (χ4n) is 4.24. The number of hydrogen-bond acceptors (Lipinski definition) is 8. The lowest BCUT2D eigenvalue weighted by atomic mass is 9.72. The molecule has 1 saturated heterocycles. The summed E-state index contributed by atoms with van der Waals surface area (Å²) >= 11 is 0. The molecule has 11 heteroatoms. The molecule has 0 unspecified atom stereocenters. The van der Waals surface area contributed by atoms with Crippen molar-refractivity contribution in [3.8, 4) is 0 Å². The predicted octanol–water partition coefficient (Wildman–Crippen LogP) is 3.46. The molecular formula is C21H22F3N7O. The van der Waals surface area contributed by atoms with Crippen LogP contribution in [0.1, 0.15) is 47.5 Å². The smallest absolute Gasteiger partial charge is 0.370 e. The number of halogens is 3. The Bertz CT molecular complexity index is 1150. The van der Waals surface area contributed by atoms with Crippen molar-refractivity contribution in [1.82, 2.24) is 30.1 Å². The molecule has 0 aromatic carbocycles. The Labute approximate surface area is 182 Å². The molecule has 1 aliphatic carbocycles. The number of aryl methyl sites for hydroxylation is 2. The fourth-order valence-corrected chi connectivity index (χ4v) is 4.24. The number of anilines is 1.